The number of rotatable bonds is 5. The van der Waals surface area contributed by atoms with Crippen LogP contribution in [0.15, 0.2) is 60.0 Å². The highest BCUT2D eigenvalue weighted by atomic mass is 32.2. The maximum absolute atomic E-state index is 12.3. The smallest absolute Gasteiger partial charge is 0.255 e. The summed E-state index contributed by atoms with van der Waals surface area (Å²) in [7, 11) is -3.43. The molecule has 0 saturated carbocycles. The number of aryl methyl sites for hydroxylation is 2. The van der Waals surface area contributed by atoms with E-state index in [1.807, 2.05) is 26.0 Å². The molecule has 0 aliphatic rings. The fourth-order valence-corrected chi connectivity index (χ4v) is 3.16. The van der Waals surface area contributed by atoms with E-state index in [4.69, 9.17) is 0 Å². The molecule has 4 nitrogen and oxygen atoms in total. The molecule has 0 spiro atoms. The van der Waals surface area contributed by atoms with E-state index in [2.05, 4.69) is 11.9 Å². The number of amides is 1. The second-order valence-electron chi connectivity index (χ2n) is 5.37. The van der Waals surface area contributed by atoms with Gasteiger partial charge in [-0.15, -0.1) is 6.58 Å². The second-order valence-corrected chi connectivity index (χ2v) is 7.40. The topological polar surface area (TPSA) is 63.2 Å². The van der Waals surface area contributed by atoms with Gasteiger partial charge in [-0.3, -0.25) is 4.79 Å². The van der Waals surface area contributed by atoms with E-state index in [0.717, 1.165) is 11.1 Å². The van der Waals surface area contributed by atoms with Gasteiger partial charge in [-0.1, -0.05) is 29.8 Å². The van der Waals surface area contributed by atoms with E-state index in [1.54, 1.807) is 18.2 Å². The molecule has 2 aromatic carbocycles. The first-order valence-corrected chi connectivity index (χ1v) is 8.81. The number of anilines is 1. The summed E-state index contributed by atoms with van der Waals surface area (Å²) in [4.78, 5) is 12.5. The summed E-state index contributed by atoms with van der Waals surface area (Å²) in [6.07, 6.45) is 1.35. The summed E-state index contributed by atoms with van der Waals surface area (Å²) in [6.45, 7) is 7.22. The summed E-state index contributed by atoms with van der Waals surface area (Å²) in [5, 5.41) is 2.77. The molecule has 2 rings (SSSR count). The van der Waals surface area contributed by atoms with Crippen LogP contribution in [0.1, 0.15) is 21.5 Å². The van der Waals surface area contributed by atoms with Gasteiger partial charge in [-0.05, 0) is 43.7 Å². The molecule has 1 amide bonds. The zero-order valence-corrected chi connectivity index (χ0v) is 14.0. The maximum Gasteiger partial charge on any atom is 0.255 e. The van der Waals surface area contributed by atoms with Crippen molar-refractivity contribution in [1.29, 1.82) is 0 Å². The predicted octanol–water partition coefficient (Wildman–Crippen LogP) is 3.52. The molecular formula is C18H19NO3S. The summed E-state index contributed by atoms with van der Waals surface area (Å²) < 4.78 is 24.2. The van der Waals surface area contributed by atoms with Gasteiger partial charge in [0.2, 0.25) is 0 Å². The van der Waals surface area contributed by atoms with Crippen molar-refractivity contribution in [3.05, 3.63) is 71.8 Å². The summed E-state index contributed by atoms with van der Waals surface area (Å²) in [5.41, 5.74) is 2.87. The number of nitrogens with one attached hydrogen (secondary N) is 1. The number of carbonyl (C=O) groups is 1. The van der Waals surface area contributed by atoms with Crippen LogP contribution in [0.5, 0.6) is 0 Å². The molecule has 0 fully saturated rings. The zero-order valence-electron chi connectivity index (χ0n) is 13.2. The SMILES string of the molecule is C=CCS(=O)(=O)c1ccc(C)c(NC(=O)c2ccc(C)cc2)c1. The van der Waals surface area contributed by atoms with Gasteiger partial charge in [0.25, 0.3) is 5.91 Å². The van der Waals surface area contributed by atoms with Gasteiger partial charge in [0.05, 0.1) is 10.6 Å². The summed E-state index contributed by atoms with van der Waals surface area (Å²) >= 11 is 0. The normalized spacial score (nSPS) is 11.0. The third kappa shape index (κ3) is 4.07. The first-order valence-electron chi connectivity index (χ1n) is 7.16. The average molecular weight is 329 g/mol. The Morgan fingerprint density at radius 1 is 1.13 bits per heavy atom. The zero-order chi connectivity index (χ0) is 17.0. The van der Waals surface area contributed by atoms with Crippen LogP contribution < -0.4 is 5.32 Å². The summed E-state index contributed by atoms with van der Waals surface area (Å²) in [5.74, 6) is -0.409. The fraction of sp³-hybridized carbons (Fsp3) is 0.167. The highest BCUT2D eigenvalue weighted by Crippen LogP contribution is 2.22. The van der Waals surface area contributed by atoms with Gasteiger partial charge in [-0.2, -0.15) is 0 Å². The lowest BCUT2D eigenvalue weighted by Gasteiger charge is -2.11. The van der Waals surface area contributed by atoms with E-state index in [-0.39, 0.29) is 16.6 Å². The Morgan fingerprint density at radius 2 is 1.78 bits per heavy atom. The van der Waals surface area contributed by atoms with Crippen molar-refractivity contribution in [1.82, 2.24) is 0 Å². The van der Waals surface area contributed by atoms with Gasteiger partial charge in [0, 0.05) is 11.3 Å². The van der Waals surface area contributed by atoms with Crippen LogP contribution in [-0.4, -0.2) is 20.1 Å². The Hall–Kier alpha value is -2.40. The Kier molecular flexibility index (Phi) is 5.01. The first-order chi connectivity index (χ1) is 10.8. The number of benzene rings is 2. The van der Waals surface area contributed by atoms with E-state index >= 15 is 0 Å². The van der Waals surface area contributed by atoms with E-state index in [9.17, 15) is 13.2 Å². The molecule has 0 atom stereocenters. The monoisotopic (exact) mass is 329 g/mol. The Balaban J connectivity index is 2.31. The van der Waals surface area contributed by atoms with Crippen molar-refractivity contribution in [2.75, 3.05) is 11.1 Å². The molecule has 5 heteroatoms. The molecule has 0 aliphatic heterocycles. The van der Waals surface area contributed by atoms with Crippen molar-refractivity contribution < 1.29 is 13.2 Å². The lowest BCUT2D eigenvalue weighted by molar-refractivity contribution is 0.102. The fourth-order valence-electron chi connectivity index (χ4n) is 2.08. The van der Waals surface area contributed by atoms with Gasteiger partial charge in [0.1, 0.15) is 0 Å². The molecule has 1 N–H and O–H groups in total. The largest absolute Gasteiger partial charge is 0.322 e. The second kappa shape index (κ2) is 6.79. The Morgan fingerprint density at radius 3 is 2.39 bits per heavy atom. The third-order valence-corrected chi connectivity index (χ3v) is 5.11. The molecular weight excluding hydrogens is 310 g/mol. The number of hydrogen-bond acceptors (Lipinski definition) is 3. The van der Waals surface area contributed by atoms with Crippen LogP contribution in [0.2, 0.25) is 0 Å². The van der Waals surface area contributed by atoms with Gasteiger partial charge in [0.15, 0.2) is 9.84 Å². The molecule has 0 radical (unpaired) electrons. The number of carbonyl (C=O) groups excluding carboxylic acids is 1. The molecule has 0 aromatic heterocycles. The molecule has 120 valence electrons. The lowest BCUT2D eigenvalue weighted by Crippen LogP contribution is -2.13. The van der Waals surface area contributed by atoms with Crippen molar-refractivity contribution in [2.45, 2.75) is 18.7 Å². The van der Waals surface area contributed by atoms with Crippen molar-refractivity contribution in [3.63, 3.8) is 0 Å². The van der Waals surface area contributed by atoms with Crippen molar-refractivity contribution >= 4 is 21.4 Å². The Labute approximate surface area is 136 Å². The van der Waals surface area contributed by atoms with E-state index in [1.165, 1.54) is 18.2 Å². The molecule has 0 aliphatic carbocycles. The first kappa shape index (κ1) is 17.0. The van der Waals surface area contributed by atoms with Crippen LogP contribution in [0.25, 0.3) is 0 Å². The minimum absolute atomic E-state index is 0.137. The minimum Gasteiger partial charge on any atom is -0.322 e. The molecule has 0 bridgehead atoms. The number of sulfone groups is 1. The molecule has 0 unspecified atom stereocenters. The quantitative estimate of drug-likeness (QED) is 0.854. The van der Waals surface area contributed by atoms with Crippen LogP contribution in [0.4, 0.5) is 5.69 Å². The van der Waals surface area contributed by atoms with Crippen LogP contribution in [0, 0.1) is 13.8 Å². The van der Waals surface area contributed by atoms with Crippen LogP contribution in [0.3, 0.4) is 0 Å². The summed E-state index contributed by atoms with van der Waals surface area (Å²) in [6, 6.07) is 11.9. The maximum atomic E-state index is 12.3. The highest BCUT2D eigenvalue weighted by molar-refractivity contribution is 7.91. The average Bonchev–Trinajstić information content (AvgIpc) is 2.49. The van der Waals surface area contributed by atoms with Gasteiger partial charge < -0.3 is 5.32 Å². The van der Waals surface area contributed by atoms with Gasteiger partial charge >= 0.3 is 0 Å². The van der Waals surface area contributed by atoms with E-state index < -0.39 is 9.84 Å². The third-order valence-electron chi connectivity index (χ3n) is 3.47. The minimum atomic E-state index is -3.43. The highest BCUT2D eigenvalue weighted by Gasteiger charge is 2.15. The van der Waals surface area contributed by atoms with Crippen molar-refractivity contribution in [2.24, 2.45) is 0 Å². The standard InChI is InChI=1S/C18H19NO3S/c1-4-11-23(21,22)16-10-7-14(3)17(12-16)19-18(20)15-8-5-13(2)6-9-15/h4-10,12H,1,11H2,2-3H3,(H,19,20). The molecule has 2 aromatic rings. The molecule has 0 heterocycles. The van der Waals surface area contributed by atoms with Crippen LogP contribution >= 0.6 is 0 Å². The van der Waals surface area contributed by atoms with E-state index in [0.29, 0.717) is 11.3 Å². The lowest BCUT2D eigenvalue weighted by atomic mass is 10.1. The predicted molar refractivity (Wildman–Crippen MR) is 92.6 cm³/mol. The Bertz CT molecular complexity index is 837. The molecule has 23 heavy (non-hydrogen) atoms. The van der Waals surface area contributed by atoms with Gasteiger partial charge in [-0.25, -0.2) is 8.42 Å². The van der Waals surface area contributed by atoms with Crippen LogP contribution in [-0.2, 0) is 9.84 Å². The number of hydrogen-bond donors (Lipinski definition) is 1. The van der Waals surface area contributed by atoms with Crippen molar-refractivity contribution in [3.8, 4) is 0 Å². The molecule has 0 saturated heterocycles.